The molecule has 1 atom stereocenters. The molecule has 0 aromatic heterocycles. The van der Waals surface area contributed by atoms with Crippen molar-refractivity contribution < 1.29 is 26.3 Å². The Bertz CT molecular complexity index is 351. The molecular formula is C6H13FN2O3S+2. The van der Waals surface area contributed by atoms with Crippen molar-refractivity contribution in [1.82, 2.24) is 0 Å². The van der Waals surface area contributed by atoms with Gasteiger partial charge in [0.2, 0.25) is 6.54 Å². The summed E-state index contributed by atoms with van der Waals surface area (Å²) in [4.78, 5) is 0. The number of likely N-dealkylation sites (N-methyl/N-ethyl adjacent to an activating group) is 2. The molecule has 1 heterocycles. The molecule has 0 saturated heterocycles. The van der Waals surface area contributed by atoms with Crippen LogP contribution in [0.25, 0.3) is 0 Å². The summed E-state index contributed by atoms with van der Waals surface area (Å²) in [7, 11) is -0.717. The lowest BCUT2D eigenvalue weighted by Crippen LogP contribution is -2.47. The number of hydroxylamine groups is 3. The van der Waals surface area contributed by atoms with Crippen LogP contribution in [0.3, 0.4) is 0 Å². The Hall–Kier alpha value is -0.530. The normalized spacial score (nSPS) is 29.8. The maximum atomic E-state index is 13.3. The van der Waals surface area contributed by atoms with Gasteiger partial charge in [-0.25, -0.2) is 0 Å². The molecule has 1 rings (SSSR count). The van der Waals surface area contributed by atoms with Crippen LogP contribution in [0.2, 0.25) is 0 Å². The zero-order chi connectivity index (χ0) is 10.3. The van der Waals surface area contributed by atoms with E-state index in [9.17, 15) is 12.8 Å². The minimum atomic E-state index is -3.64. The van der Waals surface area contributed by atoms with Gasteiger partial charge in [0, 0.05) is 0 Å². The molecule has 1 aliphatic heterocycles. The van der Waals surface area contributed by atoms with Gasteiger partial charge in [-0.05, 0) is 4.65 Å². The average Bonchev–Trinajstić information content (AvgIpc) is 2.14. The first-order valence-electron chi connectivity index (χ1n) is 3.75. The summed E-state index contributed by atoms with van der Waals surface area (Å²) in [5, 5.41) is 0. The number of quaternary nitrogens is 1. The molecule has 0 spiro atoms. The highest BCUT2D eigenvalue weighted by atomic mass is 32.2. The Kier molecular flexibility index (Phi) is 2.44. The SMILES string of the molecule is C[N+]1=C(F)[N+](C)(OS(C)(=O)=O)CC1. The van der Waals surface area contributed by atoms with Crippen LogP contribution >= 0.6 is 0 Å². The van der Waals surface area contributed by atoms with Crippen molar-refractivity contribution in [2.45, 2.75) is 0 Å². The Balaban J connectivity index is 2.93. The molecule has 0 aromatic rings. The summed E-state index contributed by atoms with van der Waals surface area (Å²) in [5.74, 6) is 0. The largest absolute Gasteiger partial charge is 0.571 e. The fraction of sp³-hybridized carbons (Fsp3) is 0.833. The van der Waals surface area contributed by atoms with Gasteiger partial charge in [0.15, 0.2) is 6.54 Å². The lowest BCUT2D eigenvalue weighted by Gasteiger charge is -2.16. The van der Waals surface area contributed by atoms with Crippen LogP contribution in [0.15, 0.2) is 0 Å². The number of amidine groups is 1. The van der Waals surface area contributed by atoms with E-state index in [1.165, 1.54) is 11.6 Å². The van der Waals surface area contributed by atoms with Crippen molar-refractivity contribution in [3.05, 3.63) is 0 Å². The van der Waals surface area contributed by atoms with Crippen LogP contribution in [0.5, 0.6) is 0 Å². The van der Waals surface area contributed by atoms with Crippen molar-refractivity contribution in [2.75, 3.05) is 33.4 Å². The topological polar surface area (TPSA) is 46.4 Å². The third-order valence-corrected chi connectivity index (χ3v) is 2.47. The fourth-order valence-corrected chi connectivity index (χ4v) is 1.99. The molecular weight excluding hydrogens is 199 g/mol. The number of hydrogen-bond acceptors (Lipinski definition) is 3. The van der Waals surface area contributed by atoms with E-state index in [1.54, 1.807) is 7.05 Å². The second kappa shape index (κ2) is 3.00. The van der Waals surface area contributed by atoms with Crippen LogP contribution in [-0.4, -0.2) is 57.2 Å². The predicted molar refractivity (Wildman–Crippen MR) is 44.1 cm³/mol. The minimum absolute atomic E-state index is 0.287. The summed E-state index contributed by atoms with van der Waals surface area (Å²) < 4.78 is 40.3. The molecule has 0 N–H and O–H groups in total. The van der Waals surface area contributed by atoms with Crippen molar-refractivity contribution >= 4 is 16.2 Å². The first-order valence-corrected chi connectivity index (χ1v) is 5.57. The molecule has 7 heteroatoms. The Morgan fingerprint density at radius 1 is 1.62 bits per heavy atom. The van der Waals surface area contributed by atoms with Gasteiger partial charge in [-0.15, -0.1) is 4.58 Å². The molecule has 5 nitrogen and oxygen atoms in total. The quantitative estimate of drug-likeness (QED) is 0.345. The molecule has 0 radical (unpaired) electrons. The number of rotatable bonds is 2. The Morgan fingerprint density at radius 3 is 2.46 bits per heavy atom. The lowest BCUT2D eigenvalue weighted by molar-refractivity contribution is -0.992. The monoisotopic (exact) mass is 212 g/mol. The molecule has 0 aromatic carbocycles. The molecule has 0 bridgehead atoms. The highest BCUT2D eigenvalue weighted by Gasteiger charge is 2.49. The molecule has 1 aliphatic rings. The fourth-order valence-electron chi connectivity index (χ4n) is 1.25. The van der Waals surface area contributed by atoms with E-state index in [2.05, 4.69) is 4.28 Å². The summed E-state index contributed by atoms with van der Waals surface area (Å²) in [6.45, 7) is 0.729. The van der Waals surface area contributed by atoms with E-state index in [1.807, 2.05) is 0 Å². The van der Waals surface area contributed by atoms with Crippen molar-refractivity contribution in [3.8, 4) is 0 Å². The van der Waals surface area contributed by atoms with Gasteiger partial charge in [-0.3, -0.25) is 0 Å². The minimum Gasteiger partial charge on any atom is -0.195 e. The zero-order valence-corrected chi connectivity index (χ0v) is 8.64. The van der Waals surface area contributed by atoms with E-state index in [4.69, 9.17) is 0 Å². The summed E-state index contributed by atoms with van der Waals surface area (Å²) in [6, 6.07) is 0. The molecule has 0 fully saturated rings. The van der Waals surface area contributed by atoms with E-state index < -0.39 is 20.9 Å². The van der Waals surface area contributed by atoms with Crippen molar-refractivity contribution in [2.24, 2.45) is 0 Å². The van der Waals surface area contributed by atoms with Crippen LogP contribution in [-0.2, 0) is 14.4 Å². The zero-order valence-electron chi connectivity index (χ0n) is 7.82. The van der Waals surface area contributed by atoms with Gasteiger partial charge in [-0.1, -0.05) is 8.67 Å². The van der Waals surface area contributed by atoms with Crippen LogP contribution in [0.4, 0.5) is 4.39 Å². The van der Waals surface area contributed by atoms with E-state index >= 15 is 0 Å². The van der Waals surface area contributed by atoms with Crippen LogP contribution in [0.1, 0.15) is 0 Å². The van der Waals surface area contributed by atoms with Gasteiger partial charge in [0.1, 0.15) is 14.1 Å². The highest BCUT2D eigenvalue weighted by Crippen LogP contribution is 2.15. The highest BCUT2D eigenvalue weighted by molar-refractivity contribution is 7.85. The van der Waals surface area contributed by atoms with Crippen LogP contribution in [0, 0.1) is 0 Å². The molecule has 13 heavy (non-hydrogen) atoms. The summed E-state index contributed by atoms with van der Waals surface area (Å²) in [6.07, 6.45) is 0.313. The number of nitrogens with zero attached hydrogens (tertiary/aromatic N) is 2. The van der Waals surface area contributed by atoms with Crippen LogP contribution < -0.4 is 0 Å². The Labute approximate surface area is 76.7 Å². The van der Waals surface area contributed by atoms with Crippen molar-refractivity contribution in [3.63, 3.8) is 0 Å². The standard InChI is InChI=1S/C6H13FN2O3S/c1-8-4-5-9(2,6(8)7)12-13(3,10)11/h4-5H2,1-3H3/q+2. The predicted octanol–water partition coefficient (Wildman–Crippen LogP) is -0.694. The van der Waals surface area contributed by atoms with Crippen molar-refractivity contribution in [1.29, 1.82) is 0 Å². The molecule has 76 valence electrons. The van der Waals surface area contributed by atoms with Gasteiger partial charge < -0.3 is 0 Å². The Morgan fingerprint density at radius 2 is 2.15 bits per heavy atom. The van der Waals surface area contributed by atoms with Gasteiger partial charge in [-0.2, -0.15) is 8.42 Å². The lowest BCUT2D eigenvalue weighted by atomic mass is 10.6. The van der Waals surface area contributed by atoms with E-state index in [-0.39, 0.29) is 6.54 Å². The molecule has 0 amide bonds. The third kappa shape index (κ3) is 2.23. The smallest absolute Gasteiger partial charge is 0.195 e. The first-order chi connectivity index (χ1) is 5.75. The number of hydrogen-bond donors (Lipinski definition) is 0. The van der Waals surface area contributed by atoms with E-state index in [0.29, 0.717) is 6.54 Å². The first kappa shape index (κ1) is 10.6. The van der Waals surface area contributed by atoms with Gasteiger partial charge in [0.25, 0.3) is 0 Å². The maximum Gasteiger partial charge on any atom is 0.571 e. The summed E-state index contributed by atoms with van der Waals surface area (Å²) >= 11 is 0. The molecule has 0 aliphatic carbocycles. The second-order valence-electron chi connectivity index (χ2n) is 3.29. The maximum absolute atomic E-state index is 13.3. The second-order valence-corrected chi connectivity index (χ2v) is 4.85. The molecule has 1 unspecified atom stereocenters. The van der Waals surface area contributed by atoms with Gasteiger partial charge >= 0.3 is 16.2 Å². The third-order valence-electron chi connectivity index (χ3n) is 1.87. The average molecular weight is 212 g/mol. The van der Waals surface area contributed by atoms with Gasteiger partial charge in [0.05, 0.1) is 6.26 Å². The van der Waals surface area contributed by atoms with E-state index in [0.717, 1.165) is 6.26 Å². The summed E-state index contributed by atoms with van der Waals surface area (Å²) in [5.41, 5.74) is 0. The molecule has 0 saturated carbocycles. The number of halogens is 1.